The fourth-order valence-corrected chi connectivity index (χ4v) is 3.38. The highest BCUT2D eigenvalue weighted by Gasteiger charge is 2.41. The fourth-order valence-electron chi connectivity index (χ4n) is 3.38. The Bertz CT molecular complexity index is 637. The second-order valence-corrected chi connectivity index (χ2v) is 6.96. The van der Waals surface area contributed by atoms with Crippen molar-refractivity contribution in [3.8, 4) is 0 Å². The Morgan fingerprint density at radius 1 is 1.25 bits per heavy atom. The van der Waals surface area contributed by atoms with E-state index in [1.165, 1.54) is 12.8 Å². The Morgan fingerprint density at radius 2 is 1.96 bits per heavy atom. The van der Waals surface area contributed by atoms with Crippen molar-refractivity contribution in [2.24, 2.45) is 5.92 Å². The van der Waals surface area contributed by atoms with Gasteiger partial charge in [0.15, 0.2) is 0 Å². The largest absolute Gasteiger partial charge is 0.447 e. The number of carbonyl (C=O) groups excluding carboxylic acids is 2. The highest BCUT2D eigenvalue weighted by molar-refractivity contribution is 5.92. The molecule has 24 heavy (non-hydrogen) atoms. The summed E-state index contributed by atoms with van der Waals surface area (Å²) in [4.78, 5) is 27.9. The smallest absolute Gasteiger partial charge is 0.414 e. The average Bonchev–Trinajstić information content (AvgIpc) is 3.47. The van der Waals surface area contributed by atoms with Gasteiger partial charge in [0.05, 0.1) is 6.54 Å². The maximum atomic E-state index is 12.7. The Labute approximate surface area is 141 Å². The summed E-state index contributed by atoms with van der Waals surface area (Å²) in [5.74, 6) is 0.667. The first-order chi connectivity index (χ1) is 11.6. The summed E-state index contributed by atoms with van der Waals surface area (Å²) in [5.41, 5.74) is 1.55. The van der Waals surface area contributed by atoms with E-state index in [1.807, 2.05) is 29.2 Å². The van der Waals surface area contributed by atoms with E-state index in [-0.39, 0.29) is 12.1 Å². The molecule has 4 rings (SSSR count). The van der Waals surface area contributed by atoms with Crippen LogP contribution in [0.2, 0.25) is 0 Å². The molecule has 1 aliphatic heterocycles. The van der Waals surface area contributed by atoms with Gasteiger partial charge < -0.3 is 15.0 Å². The van der Waals surface area contributed by atoms with Gasteiger partial charge in [-0.15, -0.1) is 0 Å². The van der Waals surface area contributed by atoms with Gasteiger partial charge in [0.1, 0.15) is 6.61 Å². The minimum Gasteiger partial charge on any atom is -0.447 e. The number of urea groups is 1. The standard InChI is InChI=1S/C18H23N3O3/c1-12(13-2-3-13)21(16-8-9-16)17(22)19-14-4-6-15(7-5-14)20-10-11-24-18(20)23/h4-7,12-13,16H,2-3,8-11H2,1H3,(H,19,22)/t12-/m0/s1. The van der Waals surface area contributed by atoms with Crippen molar-refractivity contribution in [3.05, 3.63) is 24.3 Å². The van der Waals surface area contributed by atoms with Gasteiger partial charge >= 0.3 is 12.1 Å². The van der Waals surface area contributed by atoms with Gasteiger partial charge in [-0.05, 0) is 62.8 Å². The van der Waals surface area contributed by atoms with E-state index in [2.05, 4.69) is 12.2 Å². The molecule has 1 aromatic rings. The van der Waals surface area contributed by atoms with E-state index in [0.29, 0.717) is 31.2 Å². The van der Waals surface area contributed by atoms with Crippen LogP contribution in [-0.2, 0) is 4.74 Å². The third-order valence-electron chi connectivity index (χ3n) is 5.11. The van der Waals surface area contributed by atoms with Crippen LogP contribution in [0.5, 0.6) is 0 Å². The topological polar surface area (TPSA) is 61.9 Å². The Morgan fingerprint density at radius 3 is 2.50 bits per heavy atom. The fraction of sp³-hybridized carbons (Fsp3) is 0.556. The molecule has 0 unspecified atom stereocenters. The number of nitrogens with zero attached hydrogens (tertiary/aromatic N) is 2. The van der Waals surface area contributed by atoms with E-state index < -0.39 is 0 Å². The van der Waals surface area contributed by atoms with E-state index in [9.17, 15) is 9.59 Å². The van der Waals surface area contributed by atoms with Gasteiger partial charge in [0, 0.05) is 23.5 Å². The zero-order valence-electron chi connectivity index (χ0n) is 13.9. The van der Waals surface area contributed by atoms with Gasteiger partial charge in [0.25, 0.3) is 0 Å². The summed E-state index contributed by atoms with van der Waals surface area (Å²) in [7, 11) is 0. The molecule has 128 valence electrons. The molecule has 1 heterocycles. The molecule has 6 nitrogen and oxygen atoms in total. The Kier molecular flexibility index (Phi) is 3.82. The number of anilines is 2. The number of benzene rings is 1. The molecule has 1 aromatic carbocycles. The number of carbonyl (C=O) groups is 2. The molecule has 6 heteroatoms. The third kappa shape index (κ3) is 3.05. The lowest BCUT2D eigenvalue weighted by atomic mass is 10.2. The molecule has 0 aromatic heterocycles. The molecular weight excluding hydrogens is 306 g/mol. The molecule has 0 radical (unpaired) electrons. The predicted octanol–water partition coefficient (Wildman–Crippen LogP) is 3.44. The average molecular weight is 329 g/mol. The Balaban J connectivity index is 1.42. The number of hydrogen-bond donors (Lipinski definition) is 1. The van der Waals surface area contributed by atoms with Crippen molar-refractivity contribution in [2.45, 2.75) is 44.7 Å². The normalized spacial score (nSPS) is 21.4. The van der Waals surface area contributed by atoms with Crippen molar-refractivity contribution in [2.75, 3.05) is 23.4 Å². The quantitative estimate of drug-likeness (QED) is 0.900. The van der Waals surface area contributed by atoms with E-state index >= 15 is 0 Å². The lowest BCUT2D eigenvalue weighted by Gasteiger charge is -2.29. The highest BCUT2D eigenvalue weighted by atomic mass is 16.6. The number of amides is 3. The van der Waals surface area contributed by atoms with Gasteiger partial charge in [0.2, 0.25) is 0 Å². The number of ether oxygens (including phenoxy) is 1. The number of hydrogen-bond acceptors (Lipinski definition) is 3. The predicted molar refractivity (Wildman–Crippen MR) is 91.2 cm³/mol. The summed E-state index contributed by atoms with van der Waals surface area (Å²) < 4.78 is 4.94. The highest BCUT2D eigenvalue weighted by Crippen LogP contribution is 2.40. The number of nitrogens with one attached hydrogen (secondary N) is 1. The molecule has 3 amide bonds. The summed E-state index contributed by atoms with van der Waals surface area (Å²) in [6.45, 7) is 3.16. The van der Waals surface area contributed by atoms with Crippen LogP contribution >= 0.6 is 0 Å². The molecule has 2 saturated carbocycles. The number of rotatable bonds is 5. The molecular formula is C18H23N3O3. The zero-order valence-corrected chi connectivity index (χ0v) is 13.9. The van der Waals surface area contributed by atoms with Crippen molar-refractivity contribution >= 4 is 23.5 Å². The summed E-state index contributed by atoms with van der Waals surface area (Å²) in [5, 5.41) is 3.01. The molecule has 1 N–H and O–H groups in total. The van der Waals surface area contributed by atoms with Crippen molar-refractivity contribution in [3.63, 3.8) is 0 Å². The minimum atomic E-state index is -0.315. The summed E-state index contributed by atoms with van der Waals surface area (Å²) in [6.07, 6.45) is 4.38. The molecule has 3 fully saturated rings. The van der Waals surface area contributed by atoms with Crippen LogP contribution in [0.15, 0.2) is 24.3 Å². The van der Waals surface area contributed by atoms with Crippen LogP contribution in [0.1, 0.15) is 32.6 Å². The zero-order chi connectivity index (χ0) is 16.7. The van der Waals surface area contributed by atoms with Gasteiger partial charge in [-0.2, -0.15) is 0 Å². The first kappa shape index (κ1) is 15.3. The van der Waals surface area contributed by atoms with Crippen molar-refractivity contribution in [1.82, 2.24) is 4.90 Å². The Hall–Kier alpha value is -2.24. The summed E-state index contributed by atoms with van der Waals surface area (Å²) >= 11 is 0. The SMILES string of the molecule is C[C@@H](C1CC1)N(C(=O)Nc1ccc(N2CCOC2=O)cc1)C1CC1. The molecule has 2 aliphatic carbocycles. The van der Waals surface area contributed by atoms with Gasteiger partial charge in [-0.25, -0.2) is 9.59 Å². The van der Waals surface area contributed by atoms with Crippen LogP contribution in [0.3, 0.4) is 0 Å². The number of cyclic esters (lactones) is 1. The molecule has 0 spiro atoms. The van der Waals surface area contributed by atoms with E-state index in [4.69, 9.17) is 4.74 Å². The molecule has 3 aliphatic rings. The van der Waals surface area contributed by atoms with Crippen molar-refractivity contribution in [1.29, 1.82) is 0 Å². The van der Waals surface area contributed by atoms with Gasteiger partial charge in [-0.1, -0.05) is 0 Å². The lowest BCUT2D eigenvalue weighted by molar-refractivity contribution is 0.179. The monoisotopic (exact) mass is 329 g/mol. The van der Waals surface area contributed by atoms with Crippen molar-refractivity contribution < 1.29 is 14.3 Å². The first-order valence-electron chi connectivity index (χ1n) is 8.77. The second kappa shape index (κ2) is 6.00. The lowest BCUT2D eigenvalue weighted by Crippen LogP contribution is -2.44. The molecule has 1 saturated heterocycles. The van der Waals surface area contributed by atoms with Crippen LogP contribution in [0, 0.1) is 5.92 Å². The maximum absolute atomic E-state index is 12.7. The molecule has 0 bridgehead atoms. The van der Waals surface area contributed by atoms with Crippen LogP contribution < -0.4 is 10.2 Å². The van der Waals surface area contributed by atoms with Crippen LogP contribution in [0.4, 0.5) is 21.0 Å². The third-order valence-corrected chi connectivity index (χ3v) is 5.11. The maximum Gasteiger partial charge on any atom is 0.414 e. The van der Waals surface area contributed by atoms with Gasteiger partial charge in [-0.3, -0.25) is 4.90 Å². The van der Waals surface area contributed by atoms with E-state index in [0.717, 1.165) is 24.2 Å². The second-order valence-electron chi connectivity index (χ2n) is 6.96. The summed E-state index contributed by atoms with van der Waals surface area (Å²) in [6, 6.07) is 8.07. The first-order valence-corrected chi connectivity index (χ1v) is 8.77. The minimum absolute atomic E-state index is 0.00904. The molecule has 1 atom stereocenters. The van der Waals surface area contributed by atoms with Crippen LogP contribution in [0.25, 0.3) is 0 Å². The van der Waals surface area contributed by atoms with E-state index in [1.54, 1.807) is 4.90 Å². The van der Waals surface area contributed by atoms with Crippen LogP contribution in [-0.4, -0.2) is 42.3 Å².